The molecule has 1 heterocycles. The van der Waals surface area contributed by atoms with E-state index in [4.69, 9.17) is 18.9 Å². The van der Waals surface area contributed by atoms with E-state index in [0.717, 1.165) is 16.7 Å². The molecule has 5 heteroatoms. The van der Waals surface area contributed by atoms with Crippen molar-refractivity contribution in [1.82, 2.24) is 5.32 Å². The highest BCUT2D eigenvalue weighted by atomic mass is 16.6. The standard InChI is InChI=1S/C35H39NO4/c1-27-33(36-22-28-14-6-2-7-15-28)35(39-25-31-20-12-5-13-21-31)34(38-24-30-18-10-4-11-19-30)32(40-27)26-37-23-29-16-8-3-9-17-29/h2-21,27,32-36H,22-26H2,1H3/t27-,32-,33+,34-,35-/m1/s1. The van der Waals surface area contributed by atoms with Gasteiger partial charge in [-0.1, -0.05) is 121 Å². The van der Waals surface area contributed by atoms with Gasteiger partial charge < -0.3 is 24.3 Å². The fraction of sp³-hybridized carbons (Fsp3) is 0.314. The van der Waals surface area contributed by atoms with Gasteiger partial charge in [0, 0.05) is 6.54 Å². The maximum absolute atomic E-state index is 6.71. The van der Waals surface area contributed by atoms with Crippen LogP contribution < -0.4 is 5.32 Å². The van der Waals surface area contributed by atoms with Crippen molar-refractivity contribution < 1.29 is 18.9 Å². The normalized spacial score (nSPS) is 22.7. The Bertz CT molecular complexity index is 1240. The predicted molar refractivity (Wildman–Crippen MR) is 158 cm³/mol. The summed E-state index contributed by atoms with van der Waals surface area (Å²) in [6.07, 6.45) is -0.963. The van der Waals surface area contributed by atoms with Crippen LogP contribution in [-0.4, -0.2) is 37.1 Å². The second kappa shape index (κ2) is 14.9. The number of hydrogen-bond donors (Lipinski definition) is 1. The summed E-state index contributed by atoms with van der Waals surface area (Å²) in [4.78, 5) is 0. The maximum atomic E-state index is 6.71. The minimum absolute atomic E-state index is 0.0740. The van der Waals surface area contributed by atoms with Crippen molar-refractivity contribution in [2.24, 2.45) is 0 Å². The van der Waals surface area contributed by atoms with Gasteiger partial charge in [-0.25, -0.2) is 0 Å². The average molecular weight is 538 g/mol. The van der Waals surface area contributed by atoms with Gasteiger partial charge in [-0.2, -0.15) is 0 Å². The fourth-order valence-corrected chi connectivity index (χ4v) is 5.17. The number of ether oxygens (including phenoxy) is 4. The lowest BCUT2D eigenvalue weighted by molar-refractivity contribution is -0.229. The second-order valence-corrected chi connectivity index (χ2v) is 10.3. The molecule has 0 aliphatic carbocycles. The van der Waals surface area contributed by atoms with E-state index in [-0.39, 0.29) is 30.5 Å². The Morgan fingerprint density at radius 3 is 1.55 bits per heavy atom. The van der Waals surface area contributed by atoms with Gasteiger partial charge in [0.15, 0.2) is 0 Å². The molecule has 5 rings (SSSR count). The molecule has 1 fully saturated rings. The van der Waals surface area contributed by atoms with Gasteiger partial charge in [-0.05, 0) is 29.2 Å². The van der Waals surface area contributed by atoms with Crippen molar-refractivity contribution in [3.05, 3.63) is 144 Å². The lowest BCUT2D eigenvalue weighted by atomic mass is 9.92. The Kier molecular flexibility index (Phi) is 10.5. The van der Waals surface area contributed by atoms with Crippen molar-refractivity contribution in [2.45, 2.75) is 63.7 Å². The lowest BCUT2D eigenvalue weighted by Gasteiger charge is -2.46. The first-order chi connectivity index (χ1) is 19.8. The average Bonchev–Trinajstić information content (AvgIpc) is 3.01. The molecule has 0 unspecified atom stereocenters. The molecule has 0 spiro atoms. The van der Waals surface area contributed by atoms with Gasteiger partial charge in [0.25, 0.3) is 0 Å². The molecule has 0 saturated carbocycles. The molecule has 0 amide bonds. The van der Waals surface area contributed by atoms with Gasteiger partial charge in [0.1, 0.15) is 18.3 Å². The summed E-state index contributed by atoms with van der Waals surface area (Å²) in [5.41, 5.74) is 4.58. The molecular formula is C35H39NO4. The van der Waals surface area contributed by atoms with Crippen molar-refractivity contribution >= 4 is 0 Å². The Labute approximate surface area is 238 Å². The maximum Gasteiger partial charge on any atom is 0.114 e. The zero-order chi connectivity index (χ0) is 27.4. The van der Waals surface area contributed by atoms with Gasteiger partial charge in [-0.15, -0.1) is 0 Å². The molecule has 1 saturated heterocycles. The third-order valence-electron chi connectivity index (χ3n) is 7.29. The Hall–Kier alpha value is -3.32. The van der Waals surface area contributed by atoms with Crippen LogP contribution in [0.25, 0.3) is 0 Å². The van der Waals surface area contributed by atoms with E-state index in [9.17, 15) is 0 Å². The molecule has 0 radical (unpaired) electrons. The van der Waals surface area contributed by atoms with Crippen LogP contribution in [0.4, 0.5) is 0 Å². The molecule has 0 bridgehead atoms. The van der Waals surface area contributed by atoms with Gasteiger partial charge in [0.2, 0.25) is 0 Å². The number of hydrogen-bond acceptors (Lipinski definition) is 5. The van der Waals surface area contributed by atoms with Gasteiger partial charge in [-0.3, -0.25) is 0 Å². The zero-order valence-corrected chi connectivity index (χ0v) is 23.1. The SMILES string of the molecule is C[C@H]1O[C@H](COCc2ccccc2)[C@@H](OCc2ccccc2)[C@H](OCc2ccccc2)[C@H]1NCc1ccccc1. The first-order valence-corrected chi connectivity index (χ1v) is 14.1. The van der Waals surface area contributed by atoms with Gasteiger partial charge >= 0.3 is 0 Å². The topological polar surface area (TPSA) is 49.0 Å². The van der Waals surface area contributed by atoms with E-state index in [1.54, 1.807) is 0 Å². The molecule has 4 aromatic rings. The van der Waals surface area contributed by atoms with Crippen molar-refractivity contribution in [3.63, 3.8) is 0 Å². The van der Waals surface area contributed by atoms with Crippen LogP contribution in [0.2, 0.25) is 0 Å². The molecule has 1 aliphatic heterocycles. The fourth-order valence-electron chi connectivity index (χ4n) is 5.17. The molecule has 1 aliphatic rings. The first kappa shape index (κ1) is 28.2. The molecular weight excluding hydrogens is 498 g/mol. The molecule has 5 atom stereocenters. The van der Waals surface area contributed by atoms with E-state index < -0.39 is 0 Å². The summed E-state index contributed by atoms with van der Waals surface area (Å²) >= 11 is 0. The summed E-state index contributed by atoms with van der Waals surface area (Å²) in [6, 6.07) is 41.1. The molecule has 4 aromatic carbocycles. The van der Waals surface area contributed by atoms with Crippen LogP contribution >= 0.6 is 0 Å². The largest absolute Gasteiger partial charge is 0.374 e. The number of rotatable bonds is 13. The first-order valence-electron chi connectivity index (χ1n) is 14.1. The zero-order valence-electron chi connectivity index (χ0n) is 23.1. The van der Waals surface area contributed by atoms with E-state index >= 15 is 0 Å². The van der Waals surface area contributed by atoms with E-state index in [1.807, 2.05) is 60.7 Å². The van der Waals surface area contributed by atoms with Crippen molar-refractivity contribution in [2.75, 3.05) is 6.61 Å². The van der Waals surface area contributed by atoms with E-state index in [1.165, 1.54) is 5.56 Å². The summed E-state index contributed by atoms with van der Waals surface area (Å²) in [5, 5.41) is 3.73. The van der Waals surface area contributed by atoms with Crippen LogP contribution in [0.5, 0.6) is 0 Å². The summed E-state index contributed by atoms with van der Waals surface area (Å²) in [5.74, 6) is 0. The Morgan fingerprint density at radius 1 is 0.575 bits per heavy atom. The Morgan fingerprint density at radius 2 is 1.02 bits per heavy atom. The van der Waals surface area contributed by atoms with E-state index in [2.05, 4.69) is 72.9 Å². The quantitative estimate of drug-likeness (QED) is 0.216. The number of nitrogens with one attached hydrogen (secondary N) is 1. The van der Waals surface area contributed by atoms with Crippen LogP contribution in [0.15, 0.2) is 121 Å². The molecule has 208 valence electrons. The van der Waals surface area contributed by atoms with Crippen molar-refractivity contribution in [1.29, 1.82) is 0 Å². The minimum atomic E-state index is -0.329. The summed E-state index contributed by atoms with van der Waals surface area (Å²) < 4.78 is 26.2. The highest BCUT2D eigenvalue weighted by Gasteiger charge is 2.45. The second-order valence-electron chi connectivity index (χ2n) is 10.3. The summed E-state index contributed by atoms with van der Waals surface area (Å²) in [7, 11) is 0. The van der Waals surface area contributed by atoms with Crippen LogP contribution in [0.3, 0.4) is 0 Å². The smallest absolute Gasteiger partial charge is 0.114 e. The lowest BCUT2D eigenvalue weighted by Crippen LogP contribution is -2.63. The summed E-state index contributed by atoms with van der Waals surface area (Å²) in [6.45, 7) is 4.71. The predicted octanol–water partition coefficient (Wildman–Crippen LogP) is 6.32. The number of benzene rings is 4. The monoisotopic (exact) mass is 537 g/mol. The molecule has 1 N–H and O–H groups in total. The highest BCUT2D eigenvalue weighted by Crippen LogP contribution is 2.29. The van der Waals surface area contributed by atoms with Crippen LogP contribution in [-0.2, 0) is 45.3 Å². The van der Waals surface area contributed by atoms with Crippen molar-refractivity contribution in [3.8, 4) is 0 Å². The molecule has 5 nitrogen and oxygen atoms in total. The third kappa shape index (κ3) is 8.10. The molecule has 40 heavy (non-hydrogen) atoms. The highest BCUT2D eigenvalue weighted by molar-refractivity contribution is 5.17. The molecule has 0 aromatic heterocycles. The minimum Gasteiger partial charge on any atom is -0.374 e. The van der Waals surface area contributed by atoms with Crippen LogP contribution in [0.1, 0.15) is 29.2 Å². The van der Waals surface area contributed by atoms with E-state index in [0.29, 0.717) is 33.0 Å². The van der Waals surface area contributed by atoms with Gasteiger partial charge in [0.05, 0.1) is 38.6 Å². The third-order valence-corrected chi connectivity index (χ3v) is 7.29. The van der Waals surface area contributed by atoms with Crippen LogP contribution in [0, 0.1) is 0 Å². The Balaban J connectivity index is 1.36.